The first-order chi connectivity index (χ1) is 9.22. The fourth-order valence-electron chi connectivity index (χ4n) is 2.11. The van der Waals surface area contributed by atoms with Crippen molar-refractivity contribution in [3.05, 3.63) is 35.9 Å². The minimum absolute atomic E-state index is 0.237. The standard InChI is InChI=1S/C16H25NO2/c1-2-3-7-12-17(14-11-16(18)19)13-10-15-8-5-4-6-9-15/h4-6,8-9H,2-3,7,10-14H2,1H3,(H,18,19). The van der Waals surface area contributed by atoms with Gasteiger partial charge in [-0.1, -0.05) is 50.1 Å². The summed E-state index contributed by atoms with van der Waals surface area (Å²) in [6, 6.07) is 10.4. The van der Waals surface area contributed by atoms with Gasteiger partial charge in [-0.15, -0.1) is 0 Å². The average Bonchev–Trinajstić information content (AvgIpc) is 2.42. The van der Waals surface area contributed by atoms with E-state index in [2.05, 4.69) is 24.0 Å². The average molecular weight is 263 g/mol. The molecule has 1 N–H and O–H groups in total. The second-order valence-corrected chi connectivity index (χ2v) is 4.93. The van der Waals surface area contributed by atoms with E-state index in [1.165, 1.54) is 18.4 Å². The minimum atomic E-state index is -0.708. The highest BCUT2D eigenvalue weighted by atomic mass is 16.4. The fraction of sp³-hybridized carbons (Fsp3) is 0.562. The molecule has 3 heteroatoms. The van der Waals surface area contributed by atoms with Gasteiger partial charge in [0.2, 0.25) is 0 Å². The van der Waals surface area contributed by atoms with E-state index >= 15 is 0 Å². The van der Waals surface area contributed by atoms with Crippen molar-refractivity contribution >= 4 is 5.97 Å². The lowest BCUT2D eigenvalue weighted by Gasteiger charge is -2.21. The largest absolute Gasteiger partial charge is 0.481 e. The van der Waals surface area contributed by atoms with Gasteiger partial charge in [0.15, 0.2) is 0 Å². The molecule has 0 amide bonds. The number of benzene rings is 1. The zero-order chi connectivity index (χ0) is 13.9. The SMILES string of the molecule is CCCCCN(CCC(=O)O)CCc1ccccc1. The highest BCUT2D eigenvalue weighted by Crippen LogP contribution is 2.04. The van der Waals surface area contributed by atoms with Gasteiger partial charge in [-0.25, -0.2) is 0 Å². The molecule has 1 aromatic rings. The highest BCUT2D eigenvalue weighted by Gasteiger charge is 2.07. The molecule has 0 atom stereocenters. The molecule has 3 nitrogen and oxygen atoms in total. The van der Waals surface area contributed by atoms with E-state index in [1.54, 1.807) is 0 Å². The lowest BCUT2D eigenvalue weighted by atomic mass is 10.1. The fourth-order valence-corrected chi connectivity index (χ4v) is 2.11. The van der Waals surface area contributed by atoms with E-state index in [0.29, 0.717) is 6.54 Å². The summed E-state index contributed by atoms with van der Waals surface area (Å²) >= 11 is 0. The van der Waals surface area contributed by atoms with E-state index in [1.807, 2.05) is 18.2 Å². The van der Waals surface area contributed by atoms with Crippen LogP contribution in [0.25, 0.3) is 0 Å². The number of aliphatic carboxylic acids is 1. The first-order valence-electron chi connectivity index (χ1n) is 7.20. The van der Waals surface area contributed by atoms with Crippen molar-refractivity contribution in [1.82, 2.24) is 4.90 Å². The lowest BCUT2D eigenvalue weighted by Crippen LogP contribution is -2.29. The summed E-state index contributed by atoms with van der Waals surface area (Å²) in [5.41, 5.74) is 1.32. The van der Waals surface area contributed by atoms with Crippen molar-refractivity contribution in [3.63, 3.8) is 0 Å². The van der Waals surface area contributed by atoms with E-state index in [0.717, 1.165) is 25.9 Å². The Morgan fingerprint density at radius 2 is 1.84 bits per heavy atom. The van der Waals surface area contributed by atoms with Crippen molar-refractivity contribution in [1.29, 1.82) is 0 Å². The Labute approximate surface area is 116 Å². The Kier molecular flexibility index (Phi) is 7.91. The molecule has 0 saturated heterocycles. The Balaban J connectivity index is 2.36. The molecule has 1 rings (SSSR count). The zero-order valence-corrected chi connectivity index (χ0v) is 11.8. The number of carboxylic acids is 1. The summed E-state index contributed by atoms with van der Waals surface area (Å²) in [6.45, 7) is 4.80. The van der Waals surface area contributed by atoms with Crippen LogP contribution in [0.5, 0.6) is 0 Å². The van der Waals surface area contributed by atoms with Gasteiger partial charge in [-0.05, 0) is 24.9 Å². The van der Waals surface area contributed by atoms with Crippen molar-refractivity contribution in [2.24, 2.45) is 0 Å². The molecule has 0 aromatic heterocycles. The van der Waals surface area contributed by atoms with Gasteiger partial charge < -0.3 is 10.0 Å². The molecule has 106 valence electrons. The van der Waals surface area contributed by atoms with Crippen LogP contribution in [-0.2, 0) is 11.2 Å². The molecule has 0 aliphatic rings. The smallest absolute Gasteiger partial charge is 0.304 e. The van der Waals surface area contributed by atoms with Crippen LogP contribution in [0.2, 0.25) is 0 Å². The Morgan fingerprint density at radius 1 is 1.11 bits per heavy atom. The number of unbranched alkanes of at least 4 members (excludes halogenated alkanes) is 2. The first kappa shape index (κ1) is 15.7. The molecule has 0 heterocycles. The molecule has 0 spiro atoms. The Bertz CT molecular complexity index is 351. The molecule has 0 radical (unpaired) electrons. The maximum absolute atomic E-state index is 10.7. The highest BCUT2D eigenvalue weighted by molar-refractivity contribution is 5.66. The summed E-state index contributed by atoms with van der Waals surface area (Å²) in [5, 5.41) is 8.79. The van der Waals surface area contributed by atoms with Crippen LogP contribution in [-0.4, -0.2) is 35.6 Å². The van der Waals surface area contributed by atoms with Crippen LogP contribution < -0.4 is 0 Å². The second kappa shape index (κ2) is 9.56. The van der Waals surface area contributed by atoms with Crippen LogP contribution in [0, 0.1) is 0 Å². The Morgan fingerprint density at radius 3 is 2.47 bits per heavy atom. The van der Waals surface area contributed by atoms with E-state index in [-0.39, 0.29) is 6.42 Å². The number of carboxylic acid groups (broad SMARTS) is 1. The van der Waals surface area contributed by atoms with E-state index in [9.17, 15) is 4.79 Å². The Hall–Kier alpha value is -1.35. The monoisotopic (exact) mass is 263 g/mol. The molecule has 0 bridgehead atoms. The first-order valence-corrected chi connectivity index (χ1v) is 7.20. The van der Waals surface area contributed by atoms with Crippen LogP contribution in [0.1, 0.15) is 38.2 Å². The summed E-state index contributed by atoms with van der Waals surface area (Å²) in [6.07, 6.45) is 4.80. The molecular weight excluding hydrogens is 238 g/mol. The molecule has 1 aromatic carbocycles. The van der Waals surface area contributed by atoms with Crippen LogP contribution in [0.3, 0.4) is 0 Å². The second-order valence-electron chi connectivity index (χ2n) is 4.93. The van der Waals surface area contributed by atoms with Crippen molar-refractivity contribution in [3.8, 4) is 0 Å². The topological polar surface area (TPSA) is 40.5 Å². The van der Waals surface area contributed by atoms with Crippen molar-refractivity contribution < 1.29 is 9.90 Å². The number of carbonyl (C=O) groups is 1. The van der Waals surface area contributed by atoms with Gasteiger partial charge in [-0.3, -0.25) is 4.79 Å². The van der Waals surface area contributed by atoms with Crippen LogP contribution >= 0.6 is 0 Å². The third-order valence-corrected chi connectivity index (χ3v) is 3.28. The van der Waals surface area contributed by atoms with Gasteiger partial charge in [-0.2, -0.15) is 0 Å². The summed E-state index contributed by atoms with van der Waals surface area (Å²) in [5.74, 6) is -0.708. The van der Waals surface area contributed by atoms with Gasteiger partial charge >= 0.3 is 5.97 Å². The quantitative estimate of drug-likeness (QED) is 0.659. The molecule has 0 saturated carbocycles. The molecule has 19 heavy (non-hydrogen) atoms. The van der Waals surface area contributed by atoms with Crippen LogP contribution in [0.15, 0.2) is 30.3 Å². The third kappa shape index (κ3) is 7.62. The maximum Gasteiger partial charge on any atom is 0.304 e. The zero-order valence-electron chi connectivity index (χ0n) is 11.8. The number of rotatable bonds is 10. The van der Waals surface area contributed by atoms with Gasteiger partial charge in [0.25, 0.3) is 0 Å². The lowest BCUT2D eigenvalue weighted by molar-refractivity contribution is -0.137. The van der Waals surface area contributed by atoms with E-state index in [4.69, 9.17) is 5.11 Å². The summed E-state index contributed by atoms with van der Waals surface area (Å²) in [7, 11) is 0. The summed E-state index contributed by atoms with van der Waals surface area (Å²) < 4.78 is 0. The van der Waals surface area contributed by atoms with Gasteiger partial charge in [0.05, 0.1) is 6.42 Å². The normalized spacial score (nSPS) is 10.8. The molecule has 0 aliphatic carbocycles. The molecular formula is C16H25NO2. The van der Waals surface area contributed by atoms with Crippen molar-refractivity contribution in [2.75, 3.05) is 19.6 Å². The number of hydrogen-bond acceptors (Lipinski definition) is 2. The number of nitrogens with zero attached hydrogens (tertiary/aromatic N) is 1. The molecule has 0 aliphatic heterocycles. The van der Waals surface area contributed by atoms with Crippen molar-refractivity contribution in [2.45, 2.75) is 39.0 Å². The number of hydrogen-bond donors (Lipinski definition) is 1. The molecule has 0 fully saturated rings. The third-order valence-electron chi connectivity index (χ3n) is 3.28. The minimum Gasteiger partial charge on any atom is -0.481 e. The summed E-state index contributed by atoms with van der Waals surface area (Å²) in [4.78, 5) is 13.0. The van der Waals surface area contributed by atoms with Gasteiger partial charge in [0, 0.05) is 13.1 Å². The predicted octanol–water partition coefficient (Wildman–Crippen LogP) is 3.20. The molecule has 0 unspecified atom stereocenters. The maximum atomic E-state index is 10.7. The predicted molar refractivity (Wildman–Crippen MR) is 78.4 cm³/mol. The van der Waals surface area contributed by atoms with Crippen LogP contribution in [0.4, 0.5) is 0 Å². The van der Waals surface area contributed by atoms with E-state index < -0.39 is 5.97 Å². The van der Waals surface area contributed by atoms with Gasteiger partial charge in [0.1, 0.15) is 0 Å².